The molecule has 4 N–H and O–H groups in total. The van der Waals surface area contributed by atoms with E-state index in [0.717, 1.165) is 6.07 Å². The van der Waals surface area contributed by atoms with Crippen LogP contribution in [0.3, 0.4) is 0 Å². The number of nitrogens with zero attached hydrogens (tertiary/aromatic N) is 1. The Morgan fingerprint density at radius 3 is 2.89 bits per heavy atom. The van der Waals surface area contributed by atoms with Crippen molar-refractivity contribution in [3.63, 3.8) is 0 Å². The molecule has 0 heterocycles. The van der Waals surface area contributed by atoms with E-state index < -0.39 is 5.82 Å². The highest BCUT2D eigenvalue weighted by atomic mass is 19.1. The Kier molecular flexibility index (Phi) is 5.74. The maximum atomic E-state index is 13.7. The summed E-state index contributed by atoms with van der Waals surface area (Å²) in [6.07, 6.45) is 0.148. The second kappa shape index (κ2) is 7.32. The summed E-state index contributed by atoms with van der Waals surface area (Å²) in [5.74, 6) is -1.20. The van der Waals surface area contributed by atoms with E-state index in [-0.39, 0.29) is 36.0 Å². The molecule has 0 spiro atoms. The number of benzene rings is 1. The number of oxime groups is 1. The van der Waals surface area contributed by atoms with Gasteiger partial charge in [0, 0.05) is 12.2 Å². The quantitative estimate of drug-likeness (QED) is 0.238. The molecule has 0 fully saturated rings. The van der Waals surface area contributed by atoms with Crippen LogP contribution in [0.2, 0.25) is 0 Å². The number of carbonyl (C=O) groups is 1. The van der Waals surface area contributed by atoms with Gasteiger partial charge in [0.2, 0.25) is 5.91 Å². The van der Waals surface area contributed by atoms with Gasteiger partial charge >= 0.3 is 0 Å². The minimum Gasteiger partial charge on any atom is -0.409 e. The number of ether oxygens (including phenoxy) is 1. The predicted octanol–water partition coefficient (Wildman–Crippen LogP) is 1.29. The minimum absolute atomic E-state index is 0.0380. The molecular formula is C12H16FN3O3. The van der Waals surface area contributed by atoms with Gasteiger partial charge < -0.3 is 21.0 Å². The molecule has 1 aromatic carbocycles. The lowest BCUT2D eigenvalue weighted by Gasteiger charge is -2.07. The number of amidine groups is 1. The van der Waals surface area contributed by atoms with E-state index in [9.17, 15) is 9.18 Å². The number of amides is 1. The van der Waals surface area contributed by atoms with Gasteiger partial charge in [-0.3, -0.25) is 4.79 Å². The zero-order chi connectivity index (χ0) is 14.3. The molecule has 1 amide bonds. The van der Waals surface area contributed by atoms with E-state index in [2.05, 4.69) is 10.5 Å². The first-order valence-corrected chi connectivity index (χ1v) is 5.73. The molecule has 6 nitrogen and oxygen atoms in total. The predicted molar refractivity (Wildman–Crippen MR) is 68.7 cm³/mol. The van der Waals surface area contributed by atoms with Gasteiger partial charge in [-0.1, -0.05) is 5.16 Å². The number of carbonyl (C=O) groups excluding carboxylic acids is 1. The third kappa shape index (κ3) is 4.55. The molecule has 0 aliphatic carbocycles. The topological polar surface area (TPSA) is 96.9 Å². The maximum absolute atomic E-state index is 13.7. The van der Waals surface area contributed by atoms with Crippen molar-refractivity contribution in [2.45, 2.75) is 13.3 Å². The van der Waals surface area contributed by atoms with Crippen molar-refractivity contribution in [3.8, 4) is 0 Å². The van der Waals surface area contributed by atoms with Gasteiger partial charge in [0.15, 0.2) is 5.84 Å². The van der Waals surface area contributed by atoms with Gasteiger partial charge in [0.25, 0.3) is 0 Å². The van der Waals surface area contributed by atoms with E-state index >= 15 is 0 Å². The number of nitrogens with one attached hydrogen (secondary N) is 1. The van der Waals surface area contributed by atoms with Crippen LogP contribution in [0.4, 0.5) is 10.1 Å². The van der Waals surface area contributed by atoms with Crippen LogP contribution >= 0.6 is 0 Å². The number of halogens is 1. The van der Waals surface area contributed by atoms with E-state index in [0.29, 0.717) is 6.61 Å². The van der Waals surface area contributed by atoms with Crippen LogP contribution in [0.1, 0.15) is 18.9 Å². The summed E-state index contributed by atoms with van der Waals surface area (Å²) in [6, 6.07) is 3.87. The van der Waals surface area contributed by atoms with Crippen LogP contribution in [0.15, 0.2) is 23.4 Å². The Labute approximate surface area is 110 Å². The van der Waals surface area contributed by atoms with Crippen molar-refractivity contribution in [2.75, 3.05) is 18.5 Å². The minimum atomic E-state index is -0.658. The zero-order valence-corrected chi connectivity index (χ0v) is 10.5. The Morgan fingerprint density at radius 1 is 1.58 bits per heavy atom. The Hall–Kier alpha value is -2.15. The first kappa shape index (κ1) is 14.9. The fourth-order valence-electron chi connectivity index (χ4n) is 1.36. The summed E-state index contributed by atoms with van der Waals surface area (Å²) in [4.78, 5) is 11.5. The van der Waals surface area contributed by atoms with E-state index in [1.165, 1.54) is 12.1 Å². The zero-order valence-electron chi connectivity index (χ0n) is 10.5. The summed E-state index contributed by atoms with van der Waals surface area (Å²) in [6.45, 7) is 2.63. The Morgan fingerprint density at radius 2 is 2.32 bits per heavy atom. The van der Waals surface area contributed by atoms with Gasteiger partial charge in [0.05, 0.1) is 18.7 Å². The number of anilines is 1. The molecule has 0 aliphatic rings. The van der Waals surface area contributed by atoms with Gasteiger partial charge in [0.1, 0.15) is 5.82 Å². The van der Waals surface area contributed by atoms with Crippen LogP contribution in [-0.4, -0.2) is 30.2 Å². The fourth-order valence-corrected chi connectivity index (χ4v) is 1.36. The monoisotopic (exact) mass is 269 g/mol. The van der Waals surface area contributed by atoms with E-state index in [1.54, 1.807) is 0 Å². The molecular weight excluding hydrogens is 253 g/mol. The normalized spacial score (nSPS) is 11.4. The first-order chi connectivity index (χ1) is 9.08. The number of rotatable bonds is 6. The van der Waals surface area contributed by atoms with E-state index in [4.69, 9.17) is 15.7 Å². The third-order valence-corrected chi connectivity index (χ3v) is 2.32. The second-order valence-corrected chi connectivity index (χ2v) is 3.67. The van der Waals surface area contributed by atoms with Crippen molar-refractivity contribution in [2.24, 2.45) is 10.9 Å². The summed E-state index contributed by atoms with van der Waals surface area (Å²) in [5.41, 5.74) is 5.59. The van der Waals surface area contributed by atoms with Crippen LogP contribution in [0, 0.1) is 5.82 Å². The molecule has 1 aromatic rings. The molecule has 0 aliphatic heterocycles. The van der Waals surface area contributed by atoms with Crippen molar-refractivity contribution >= 4 is 17.4 Å². The Bertz CT molecular complexity index is 477. The average molecular weight is 269 g/mol. The van der Waals surface area contributed by atoms with Gasteiger partial charge in [-0.2, -0.15) is 0 Å². The molecule has 0 saturated heterocycles. The highest BCUT2D eigenvalue weighted by Crippen LogP contribution is 2.16. The smallest absolute Gasteiger partial charge is 0.226 e. The van der Waals surface area contributed by atoms with Crippen LogP contribution in [0.5, 0.6) is 0 Å². The molecule has 104 valence electrons. The van der Waals surface area contributed by atoms with Crippen molar-refractivity contribution in [1.82, 2.24) is 0 Å². The molecule has 0 atom stereocenters. The highest BCUT2D eigenvalue weighted by molar-refractivity contribution is 5.98. The van der Waals surface area contributed by atoms with Crippen molar-refractivity contribution in [3.05, 3.63) is 29.6 Å². The molecule has 1 rings (SSSR count). The lowest BCUT2D eigenvalue weighted by atomic mass is 10.2. The summed E-state index contributed by atoms with van der Waals surface area (Å²) < 4.78 is 18.7. The molecule has 0 radical (unpaired) electrons. The molecule has 19 heavy (non-hydrogen) atoms. The SMILES string of the molecule is CCOCCC(=O)Nc1ccc(/C(N)=N/O)cc1F. The molecule has 0 aromatic heterocycles. The van der Waals surface area contributed by atoms with E-state index in [1.807, 2.05) is 6.92 Å². The van der Waals surface area contributed by atoms with Gasteiger partial charge in [-0.15, -0.1) is 0 Å². The van der Waals surface area contributed by atoms with Gasteiger partial charge in [-0.05, 0) is 25.1 Å². The summed E-state index contributed by atoms with van der Waals surface area (Å²) in [7, 11) is 0. The van der Waals surface area contributed by atoms with Gasteiger partial charge in [-0.25, -0.2) is 4.39 Å². The second-order valence-electron chi connectivity index (χ2n) is 3.67. The van der Waals surface area contributed by atoms with Crippen molar-refractivity contribution in [1.29, 1.82) is 0 Å². The third-order valence-electron chi connectivity index (χ3n) is 2.32. The molecule has 0 unspecified atom stereocenters. The first-order valence-electron chi connectivity index (χ1n) is 5.73. The molecule has 7 heteroatoms. The Balaban J connectivity index is 2.67. The largest absolute Gasteiger partial charge is 0.409 e. The van der Waals surface area contributed by atoms with Crippen LogP contribution in [0.25, 0.3) is 0 Å². The lowest BCUT2D eigenvalue weighted by molar-refractivity contribution is -0.117. The summed E-state index contributed by atoms with van der Waals surface area (Å²) >= 11 is 0. The maximum Gasteiger partial charge on any atom is 0.226 e. The van der Waals surface area contributed by atoms with Crippen molar-refractivity contribution < 1.29 is 19.1 Å². The summed E-state index contributed by atoms with van der Waals surface area (Å²) in [5, 5.41) is 13.7. The highest BCUT2D eigenvalue weighted by Gasteiger charge is 2.09. The number of hydrogen-bond acceptors (Lipinski definition) is 4. The molecule has 0 bridgehead atoms. The van der Waals surface area contributed by atoms with Crippen LogP contribution in [-0.2, 0) is 9.53 Å². The average Bonchev–Trinajstić information content (AvgIpc) is 2.40. The number of hydrogen-bond donors (Lipinski definition) is 3. The van der Waals surface area contributed by atoms with Crippen LogP contribution < -0.4 is 11.1 Å². The lowest BCUT2D eigenvalue weighted by Crippen LogP contribution is -2.16. The molecule has 0 saturated carbocycles. The standard InChI is InChI=1S/C12H16FN3O3/c1-2-19-6-5-11(17)15-10-4-3-8(7-9(10)13)12(14)16-18/h3-4,7,18H,2,5-6H2,1H3,(H2,14,16)(H,15,17). The number of nitrogens with two attached hydrogens (primary N) is 1. The fraction of sp³-hybridized carbons (Fsp3) is 0.333.